The van der Waals surface area contributed by atoms with Crippen LogP contribution in [0.4, 0.5) is 5.82 Å². The molecule has 2 rings (SSSR count). The van der Waals surface area contributed by atoms with Gasteiger partial charge in [0.1, 0.15) is 11.0 Å². The highest BCUT2D eigenvalue weighted by Crippen LogP contribution is 2.16. The van der Waals surface area contributed by atoms with Crippen molar-refractivity contribution >= 4 is 23.3 Å². The monoisotopic (exact) mass is 266 g/mol. The summed E-state index contributed by atoms with van der Waals surface area (Å²) in [5.41, 5.74) is 5.90. The van der Waals surface area contributed by atoms with E-state index in [0.717, 1.165) is 0 Å². The van der Waals surface area contributed by atoms with E-state index >= 15 is 0 Å². The number of carbonyl (C=O) groups is 1. The number of pyridine rings is 1. The number of aromatic nitrogens is 1. The molecule has 0 spiro atoms. The molecule has 0 aromatic carbocycles. The first-order valence-corrected chi connectivity index (χ1v) is 5.71. The minimum atomic E-state index is -0.586. The second-order valence-corrected chi connectivity index (χ2v) is 4.23. The Kier molecular flexibility index (Phi) is 3.65. The third-order valence-electron chi connectivity index (χ3n) is 2.56. The highest BCUT2D eigenvalue weighted by molar-refractivity contribution is 6.29. The molecule has 1 aromatic heterocycles. The van der Waals surface area contributed by atoms with Crippen LogP contribution in [-0.4, -0.2) is 41.6 Å². The first-order valence-electron chi connectivity index (χ1n) is 5.33. The van der Waals surface area contributed by atoms with Crippen LogP contribution < -0.4 is 5.73 Å². The molecule has 2 N–H and O–H groups in total. The average Bonchev–Trinajstić information content (AvgIpc) is 2.37. The number of hydrogen-bond donors (Lipinski definition) is 1. The summed E-state index contributed by atoms with van der Waals surface area (Å²) in [7, 11) is 0. The predicted molar refractivity (Wildman–Crippen MR) is 64.9 cm³/mol. The maximum atomic E-state index is 12.2. The van der Waals surface area contributed by atoms with Gasteiger partial charge in [-0.25, -0.2) is 4.98 Å². The zero-order chi connectivity index (χ0) is 13.1. The number of anilines is 1. The van der Waals surface area contributed by atoms with Gasteiger partial charge in [0.05, 0.1) is 19.2 Å². The molecule has 0 aliphatic carbocycles. The van der Waals surface area contributed by atoms with Crippen molar-refractivity contribution in [3.05, 3.63) is 22.8 Å². The van der Waals surface area contributed by atoms with Gasteiger partial charge in [-0.3, -0.25) is 4.79 Å². The number of carbonyl (C=O) groups excluding carboxylic acids is 1. The summed E-state index contributed by atoms with van der Waals surface area (Å²) in [6, 6.07) is 4.90. The Labute approximate surface area is 109 Å². The highest BCUT2D eigenvalue weighted by Gasteiger charge is 2.25. The standard InChI is InChI=1S/C11H11ClN4O2/c12-9-3-7(4-10(14)15-9)11(17)16-1-2-18-8(5-13)6-16/h3-4,8H,1-2,6H2,(H2,14,15). The molecule has 1 fully saturated rings. The smallest absolute Gasteiger partial charge is 0.254 e. The summed E-state index contributed by atoms with van der Waals surface area (Å²) >= 11 is 5.75. The van der Waals surface area contributed by atoms with Crippen molar-refractivity contribution in [2.45, 2.75) is 6.10 Å². The van der Waals surface area contributed by atoms with Crippen LogP contribution in [0.5, 0.6) is 0 Å². The zero-order valence-electron chi connectivity index (χ0n) is 9.47. The van der Waals surface area contributed by atoms with Crippen LogP contribution in [0.25, 0.3) is 0 Å². The van der Waals surface area contributed by atoms with Gasteiger partial charge < -0.3 is 15.4 Å². The number of nitrogens with two attached hydrogens (primary N) is 1. The van der Waals surface area contributed by atoms with Crippen LogP contribution in [0.15, 0.2) is 12.1 Å². The molecule has 18 heavy (non-hydrogen) atoms. The van der Waals surface area contributed by atoms with E-state index in [1.54, 1.807) is 4.90 Å². The third-order valence-corrected chi connectivity index (χ3v) is 2.75. The van der Waals surface area contributed by atoms with Gasteiger partial charge in [-0.15, -0.1) is 0 Å². The van der Waals surface area contributed by atoms with E-state index in [0.29, 0.717) is 18.7 Å². The summed E-state index contributed by atoms with van der Waals surface area (Å²) in [6.07, 6.45) is -0.586. The van der Waals surface area contributed by atoms with Crippen LogP contribution in [0, 0.1) is 11.3 Å². The molecule has 1 atom stereocenters. The van der Waals surface area contributed by atoms with Gasteiger partial charge in [0, 0.05) is 12.1 Å². The Bertz CT molecular complexity index is 494. The van der Waals surface area contributed by atoms with Crippen LogP contribution in [0.2, 0.25) is 5.15 Å². The van der Waals surface area contributed by atoms with Crippen molar-refractivity contribution < 1.29 is 9.53 Å². The average molecular weight is 267 g/mol. The Balaban J connectivity index is 2.18. The molecule has 1 saturated heterocycles. The minimum Gasteiger partial charge on any atom is -0.384 e. The lowest BCUT2D eigenvalue weighted by atomic mass is 10.2. The number of ether oxygens (including phenoxy) is 1. The van der Waals surface area contributed by atoms with Crippen molar-refractivity contribution in [1.82, 2.24) is 9.88 Å². The first-order chi connectivity index (χ1) is 8.60. The minimum absolute atomic E-state index is 0.170. The van der Waals surface area contributed by atoms with Crippen LogP contribution in [0.3, 0.4) is 0 Å². The quantitative estimate of drug-likeness (QED) is 0.755. The number of nitrogens with zero attached hydrogens (tertiary/aromatic N) is 3. The molecule has 0 bridgehead atoms. The fraction of sp³-hybridized carbons (Fsp3) is 0.364. The third kappa shape index (κ3) is 2.70. The van der Waals surface area contributed by atoms with Gasteiger partial charge in [-0.05, 0) is 12.1 Å². The SMILES string of the molecule is N#CC1CN(C(=O)c2cc(N)nc(Cl)c2)CCO1. The summed E-state index contributed by atoms with van der Waals surface area (Å²) in [4.78, 5) is 17.5. The second kappa shape index (κ2) is 5.21. The van der Waals surface area contributed by atoms with Gasteiger partial charge in [-0.1, -0.05) is 11.6 Å². The van der Waals surface area contributed by atoms with Gasteiger partial charge in [-0.2, -0.15) is 5.26 Å². The second-order valence-electron chi connectivity index (χ2n) is 3.84. The topological polar surface area (TPSA) is 92.2 Å². The lowest BCUT2D eigenvalue weighted by Crippen LogP contribution is -2.45. The summed E-state index contributed by atoms with van der Waals surface area (Å²) < 4.78 is 5.17. The van der Waals surface area contributed by atoms with E-state index in [2.05, 4.69) is 4.98 Å². The molecule has 1 aliphatic rings. The van der Waals surface area contributed by atoms with Crippen LogP contribution >= 0.6 is 11.6 Å². The summed E-state index contributed by atoms with van der Waals surface area (Å²) in [5, 5.41) is 8.96. The molecular formula is C11H11ClN4O2. The molecule has 1 unspecified atom stereocenters. The van der Waals surface area contributed by atoms with Gasteiger partial charge in [0.2, 0.25) is 0 Å². The molecule has 2 heterocycles. The van der Waals surface area contributed by atoms with E-state index < -0.39 is 6.10 Å². The molecule has 94 valence electrons. The van der Waals surface area contributed by atoms with E-state index in [9.17, 15) is 4.79 Å². The molecule has 7 heteroatoms. The van der Waals surface area contributed by atoms with E-state index in [1.165, 1.54) is 12.1 Å². The fourth-order valence-electron chi connectivity index (χ4n) is 1.74. The number of morpholine rings is 1. The Hall–Kier alpha value is -1.84. The largest absolute Gasteiger partial charge is 0.384 e. The van der Waals surface area contributed by atoms with E-state index in [1.807, 2.05) is 6.07 Å². The maximum Gasteiger partial charge on any atom is 0.254 e. The van der Waals surface area contributed by atoms with E-state index in [-0.39, 0.29) is 23.4 Å². The van der Waals surface area contributed by atoms with Crippen molar-refractivity contribution in [2.24, 2.45) is 0 Å². The van der Waals surface area contributed by atoms with Crippen molar-refractivity contribution in [1.29, 1.82) is 5.26 Å². The Morgan fingerprint density at radius 2 is 2.44 bits per heavy atom. The Morgan fingerprint density at radius 1 is 1.67 bits per heavy atom. The first kappa shape index (κ1) is 12.6. The number of nitriles is 1. The highest BCUT2D eigenvalue weighted by atomic mass is 35.5. The van der Waals surface area contributed by atoms with Crippen molar-refractivity contribution in [3.8, 4) is 6.07 Å². The van der Waals surface area contributed by atoms with Gasteiger partial charge in [0.15, 0.2) is 6.10 Å². The van der Waals surface area contributed by atoms with Crippen LogP contribution in [0.1, 0.15) is 10.4 Å². The molecule has 1 aromatic rings. The Morgan fingerprint density at radius 3 is 3.11 bits per heavy atom. The summed E-state index contributed by atoms with van der Waals surface area (Å²) in [5.74, 6) is -0.0366. The molecule has 1 amide bonds. The van der Waals surface area contributed by atoms with Crippen LogP contribution in [-0.2, 0) is 4.74 Å². The lowest BCUT2D eigenvalue weighted by Gasteiger charge is -2.29. The number of rotatable bonds is 1. The normalized spacial score (nSPS) is 19.3. The summed E-state index contributed by atoms with van der Waals surface area (Å²) in [6.45, 7) is 1.03. The molecule has 0 radical (unpaired) electrons. The number of nitrogen functional groups attached to an aromatic ring is 1. The molecular weight excluding hydrogens is 256 g/mol. The van der Waals surface area contributed by atoms with Gasteiger partial charge >= 0.3 is 0 Å². The van der Waals surface area contributed by atoms with Gasteiger partial charge in [0.25, 0.3) is 5.91 Å². The number of hydrogen-bond acceptors (Lipinski definition) is 5. The van der Waals surface area contributed by atoms with E-state index in [4.69, 9.17) is 27.3 Å². The number of halogens is 1. The molecule has 6 nitrogen and oxygen atoms in total. The zero-order valence-corrected chi connectivity index (χ0v) is 10.2. The number of amides is 1. The van der Waals surface area contributed by atoms with Crippen molar-refractivity contribution in [2.75, 3.05) is 25.4 Å². The van der Waals surface area contributed by atoms with Crippen molar-refractivity contribution in [3.63, 3.8) is 0 Å². The fourth-order valence-corrected chi connectivity index (χ4v) is 1.95. The maximum absolute atomic E-state index is 12.2. The molecule has 0 saturated carbocycles. The predicted octanol–water partition coefficient (Wildman–Crippen LogP) is 0.682. The lowest BCUT2D eigenvalue weighted by molar-refractivity contribution is 0.00347. The molecule has 1 aliphatic heterocycles.